The van der Waals surface area contributed by atoms with E-state index in [4.69, 9.17) is 4.74 Å². The number of carbonyl (C=O) groups is 1. The number of H-pyrrole nitrogens is 1. The van der Waals surface area contributed by atoms with Crippen molar-refractivity contribution >= 4 is 16.7 Å². The van der Waals surface area contributed by atoms with Gasteiger partial charge in [-0.1, -0.05) is 48.2 Å². The number of carbonyl (C=O) groups excluding carboxylic acids is 1. The van der Waals surface area contributed by atoms with Crippen LogP contribution < -0.4 is 15.6 Å². The van der Waals surface area contributed by atoms with Gasteiger partial charge in [0, 0.05) is 11.6 Å². The molecule has 0 radical (unpaired) electrons. The van der Waals surface area contributed by atoms with Gasteiger partial charge in [-0.25, -0.2) is 0 Å². The van der Waals surface area contributed by atoms with Gasteiger partial charge in [-0.15, -0.1) is 0 Å². The molecule has 0 saturated heterocycles. The van der Waals surface area contributed by atoms with Gasteiger partial charge in [-0.2, -0.15) is 0 Å². The Hall–Kier alpha value is -3.52. The molecule has 0 aliphatic carbocycles. The number of hydrogen-bond donors (Lipinski definition) is 2. The van der Waals surface area contributed by atoms with Gasteiger partial charge >= 0.3 is 0 Å². The Labute approximate surface area is 144 Å². The number of nitrogens with one attached hydrogen (secondary N) is 2. The molecule has 0 spiro atoms. The topological polar surface area (TPSA) is 71.2 Å². The number of ether oxygens (including phenoxy) is 1. The van der Waals surface area contributed by atoms with E-state index in [9.17, 15) is 9.59 Å². The molecule has 0 atom stereocenters. The van der Waals surface area contributed by atoms with Crippen molar-refractivity contribution in [3.05, 3.63) is 76.7 Å². The van der Waals surface area contributed by atoms with Gasteiger partial charge in [-0.05, 0) is 23.6 Å². The van der Waals surface area contributed by atoms with Gasteiger partial charge in [0.2, 0.25) is 0 Å². The van der Waals surface area contributed by atoms with Crippen LogP contribution in [-0.2, 0) is 0 Å². The Bertz CT molecular complexity index is 1010. The van der Waals surface area contributed by atoms with Crippen LogP contribution in [0.25, 0.3) is 10.8 Å². The average molecular weight is 332 g/mol. The fourth-order valence-electron chi connectivity index (χ4n) is 2.37. The summed E-state index contributed by atoms with van der Waals surface area (Å²) < 4.78 is 5.69. The standard InChI is InChI=1S/C20H16N2O3/c23-19(17-10-6-13-22-20(17)24)21-12-3-4-14-25-18-11-5-8-15-7-1-2-9-16(15)18/h1-2,5-11,13H,12,14H2,(H,21,23)(H,22,24). The van der Waals surface area contributed by atoms with E-state index >= 15 is 0 Å². The predicted octanol–water partition coefficient (Wildman–Crippen LogP) is 2.34. The third-order valence-corrected chi connectivity index (χ3v) is 3.57. The summed E-state index contributed by atoms with van der Waals surface area (Å²) >= 11 is 0. The molecule has 124 valence electrons. The molecule has 2 N–H and O–H groups in total. The van der Waals surface area contributed by atoms with Crippen molar-refractivity contribution in [2.24, 2.45) is 0 Å². The maximum Gasteiger partial charge on any atom is 0.260 e. The lowest BCUT2D eigenvalue weighted by molar-refractivity contribution is 0.0957. The van der Waals surface area contributed by atoms with Crippen LogP contribution in [-0.4, -0.2) is 24.0 Å². The van der Waals surface area contributed by atoms with E-state index in [2.05, 4.69) is 22.1 Å². The van der Waals surface area contributed by atoms with Crippen LogP contribution in [0.3, 0.4) is 0 Å². The van der Waals surface area contributed by atoms with Gasteiger partial charge in [-0.3, -0.25) is 9.59 Å². The Morgan fingerprint density at radius 3 is 2.76 bits per heavy atom. The smallest absolute Gasteiger partial charge is 0.260 e. The second kappa shape index (κ2) is 7.84. The second-order valence-corrected chi connectivity index (χ2v) is 5.22. The summed E-state index contributed by atoms with van der Waals surface area (Å²) in [5.74, 6) is 5.97. The number of aromatic amines is 1. The monoisotopic (exact) mass is 332 g/mol. The van der Waals surface area contributed by atoms with Crippen molar-refractivity contribution in [3.8, 4) is 17.6 Å². The van der Waals surface area contributed by atoms with Crippen LogP contribution in [0, 0.1) is 11.8 Å². The molecule has 2 aromatic carbocycles. The highest BCUT2D eigenvalue weighted by Gasteiger charge is 2.07. The molecule has 0 fully saturated rings. The first-order chi connectivity index (χ1) is 12.3. The van der Waals surface area contributed by atoms with E-state index in [1.807, 2.05) is 42.5 Å². The van der Waals surface area contributed by atoms with E-state index in [0.717, 1.165) is 16.5 Å². The fourth-order valence-corrected chi connectivity index (χ4v) is 2.37. The van der Waals surface area contributed by atoms with Crippen LogP contribution in [0.4, 0.5) is 0 Å². The highest BCUT2D eigenvalue weighted by atomic mass is 16.5. The molecule has 5 heteroatoms. The highest BCUT2D eigenvalue weighted by molar-refractivity contribution is 5.93. The summed E-state index contributed by atoms with van der Waals surface area (Å²) in [7, 11) is 0. The van der Waals surface area contributed by atoms with Crippen molar-refractivity contribution < 1.29 is 9.53 Å². The van der Waals surface area contributed by atoms with E-state index in [0.29, 0.717) is 0 Å². The summed E-state index contributed by atoms with van der Waals surface area (Å²) in [5, 5.41) is 4.72. The lowest BCUT2D eigenvalue weighted by Gasteiger charge is -2.06. The third kappa shape index (κ3) is 4.06. The molecule has 0 unspecified atom stereocenters. The SMILES string of the molecule is O=C(NCC#CCOc1cccc2ccccc12)c1ccc[nH]c1=O. The van der Waals surface area contributed by atoms with Crippen LogP contribution >= 0.6 is 0 Å². The average Bonchev–Trinajstić information content (AvgIpc) is 2.65. The van der Waals surface area contributed by atoms with Crippen LogP contribution in [0.1, 0.15) is 10.4 Å². The normalized spacial score (nSPS) is 9.92. The minimum atomic E-state index is -0.453. The lowest BCUT2D eigenvalue weighted by Crippen LogP contribution is -2.29. The van der Waals surface area contributed by atoms with Crippen molar-refractivity contribution in [1.82, 2.24) is 10.3 Å². The largest absolute Gasteiger partial charge is 0.480 e. The van der Waals surface area contributed by atoms with E-state index in [-0.39, 0.29) is 18.7 Å². The van der Waals surface area contributed by atoms with E-state index in [1.54, 1.807) is 6.07 Å². The molecular weight excluding hydrogens is 316 g/mol. The lowest BCUT2D eigenvalue weighted by atomic mass is 10.1. The summed E-state index contributed by atoms with van der Waals surface area (Å²) in [4.78, 5) is 25.8. The Morgan fingerprint density at radius 2 is 1.88 bits per heavy atom. The molecule has 0 bridgehead atoms. The number of amides is 1. The van der Waals surface area contributed by atoms with Gasteiger partial charge < -0.3 is 15.0 Å². The molecule has 1 heterocycles. The number of benzene rings is 2. The minimum absolute atomic E-state index is 0.0660. The first-order valence-corrected chi connectivity index (χ1v) is 7.78. The number of aromatic nitrogens is 1. The Morgan fingerprint density at radius 1 is 1.04 bits per heavy atom. The summed E-state index contributed by atoms with van der Waals surface area (Å²) in [6.45, 7) is 0.363. The molecule has 1 aromatic heterocycles. The van der Waals surface area contributed by atoms with Gasteiger partial charge in [0.15, 0.2) is 0 Å². The van der Waals surface area contributed by atoms with Gasteiger partial charge in [0.25, 0.3) is 11.5 Å². The molecule has 25 heavy (non-hydrogen) atoms. The molecule has 5 nitrogen and oxygen atoms in total. The van der Waals surface area contributed by atoms with Crippen LogP contribution in [0.2, 0.25) is 0 Å². The fraction of sp³-hybridized carbons (Fsp3) is 0.100. The van der Waals surface area contributed by atoms with Crippen molar-refractivity contribution in [2.45, 2.75) is 0 Å². The summed E-state index contributed by atoms with van der Waals surface area (Å²) in [6, 6.07) is 16.9. The van der Waals surface area contributed by atoms with Crippen molar-refractivity contribution in [2.75, 3.05) is 13.2 Å². The van der Waals surface area contributed by atoms with E-state index < -0.39 is 11.5 Å². The van der Waals surface area contributed by atoms with E-state index in [1.165, 1.54) is 12.3 Å². The van der Waals surface area contributed by atoms with Crippen molar-refractivity contribution in [3.63, 3.8) is 0 Å². The van der Waals surface area contributed by atoms with Crippen LogP contribution in [0.5, 0.6) is 5.75 Å². The summed E-state index contributed by atoms with van der Waals surface area (Å²) in [5.41, 5.74) is -0.358. The zero-order chi connectivity index (χ0) is 17.5. The molecular formula is C20H16N2O3. The van der Waals surface area contributed by atoms with Crippen molar-refractivity contribution in [1.29, 1.82) is 0 Å². The number of rotatable bonds is 4. The molecule has 1 amide bonds. The number of pyridine rings is 1. The molecule has 3 aromatic rings. The number of fused-ring (bicyclic) bond motifs is 1. The predicted molar refractivity (Wildman–Crippen MR) is 96.6 cm³/mol. The van der Waals surface area contributed by atoms with Gasteiger partial charge in [0.05, 0.1) is 6.54 Å². The maximum absolute atomic E-state index is 11.8. The third-order valence-electron chi connectivity index (χ3n) is 3.57. The first kappa shape index (κ1) is 16.3. The van der Waals surface area contributed by atoms with Crippen LogP contribution in [0.15, 0.2) is 65.6 Å². The Kier molecular flexibility index (Phi) is 5.13. The number of hydrogen-bond acceptors (Lipinski definition) is 3. The molecule has 0 aliphatic rings. The first-order valence-electron chi connectivity index (χ1n) is 7.78. The molecule has 0 aliphatic heterocycles. The minimum Gasteiger partial charge on any atom is -0.480 e. The quantitative estimate of drug-likeness (QED) is 0.721. The maximum atomic E-state index is 11.8. The summed E-state index contributed by atoms with van der Waals surface area (Å²) in [6.07, 6.45) is 1.48. The highest BCUT2D eigenvalue weighted by Crippen LogP contribution is 2.24. The molecule has 0 saturated carbocycles. The Balaban J connectivity index is 1.53. The van der Waals surface area contributed by atoms with Gasteiger partial charge in [0.1, 0.15) is 17.9 Å². The zero-order valence-corrected chi connectivity index (χ0v) is 13.4. The molecule has 3 rings (SSSR count). The second-order valence-electron chi connectivity index (χ2n) is 5.22. The zero-order valence-electron chi connectivity index (χ0n) is 13.4.